The topological polar surface area (TPSA) is 98.6 Å². The fraction of sp³-hybridized carbons (Fsp3) is 0.333. The lowest BCUT2D eigenvalue weighted by molar-refractivity contribution is -0.354. The van der Waals surface area contributed by atoms with Crippen molar-refractivity contribution in [2.24, 2.45) is 4.99 Å². The molecule has 0 aliphatic carbocycles. The fourth-order valence-electron chi connectivity index (χ4n) is 3.05. The van der Waals surface area contributed by atoms with Crippen molar-refractivity contribution in [2.75, 3.05) is 6.54 Å². The van der Waals surface area contributed by atoms with Crippen LogP contribution in [-0.4, -0.2) is 36.9 Å². The fourth-order valence-corrected chi connectivity index (χ4v) is 3.05. The van der Waals surface area contributed by atoms with E-state index in [4.69, 9.17) is 0 Å². The first kappa shape index (κ1) is 13.7. The Morgan fingerprint density at radius 2 is 2.22 bits per heavy atom. The quantitative estimate of drug-likeness (QED) is 0.506. The van der Waals surface area contributed by atoms with E-state index in [1.165, 1.54) is 0 Å². The maximum absolute atomic E-state index is 11.0. The van der Waals surface area contributed by atoms with Gasteiger partial charge in [0.05, 0.1) is 17.6 Å². The van der Waals surface area contributed by atoms with Gasteiger partial charge in [0.2, 0.25) is 0 Å². The van der Waals surface area contributed by atoms with Crippen LogP contribution in [-0.2, 0) is 0 Å². The van der Waals surface area contributed by atoms with E-state index in [-0.39, 0.29) is 16.7 Å². The Morgan fingerprint density at radius 3 is 3.04 bits per heavy atom. The molecular formula is C15H14N6O2. The predicted molar refractivity (Wildman–Crippen MR) is 84.3 cm³/mol. The van der Waals surface area contributed by atoms with Gasteiger partial charge in [-0.2, -0.15) is 0 Å². The summed E-state index contributed by atoms with van der Waals surface area (Å²) in [4.78, 5) is 18.9. The number of fused-ring (bicyclic) bond motifs is 3. The highest BCUT2D eigenvalue weighted by molar-refractivity contribution is 5.79. The van der Waals surface area contributed by atoms with Crippen LogP contribution in [0.2, 0.25) is 0 Å². The summed E-state index contributed by atoms with van der Waals surface area (Å²) < 4.78 is 1.91. The number of nitro groups is 1. The van der Waals surface area contributed by atoms with Crippen molar-refractivity contribution < 1.29 is 4.92 Å². The number of aliphatic imine (C=N–C) groups is 1. The molecule has 8 heteroatoms. The zero-order chi connectivity index (χ0) is 16.0. The molecule has 8 nitrogen and oxygen atoms in total. The van der Waals surface area contributed by atoms with Crippen LogP contribution in [0.4, 0.5) is 0 Å². The number of aryl methyl sites for hydroxylation is 1. The molecule has 1 aliphatic heterocycles. The number of hydrogen-bond donors (Lipinski definition) is 0. The highest BCUT2D eigenvalue weighted by Gasteiger charge is 2.26. The Labute approximate surface area is 131 Å². The number of rotatable bonds is 1. The smallest absolute Gasteiger partial charge is 0.333 e. The van der Waals surface area contributed by atoms with Gasteiger partial charge < -0.3 is 10.1 Å². The molecule has 4 rings (SSSR count). The molecule has 3 heterocycles. The van der Waals surface area contributed by atoms with Gasteiger partial charge in [-0.1, -0.05) is 11.1 Å². The largest absolute Gasteiger partial charge is 0.358 e. The molecule has 0 saturated heterocycles. The molecule has 1 aromatic carbocycles. The maximum Gasteiger partial charge on any atom is 0.333 e. The molecule has 23 heavy (non-hydrogen) atoms. The van der Waals surface area contributed by atoms with E-state index >= 15 is 0 Å². The molecular weight excluding hydrogens is 296 g/mol. The molecule has 116 valence electrons. The average Bonchev–Trinajstić information content (AvgIpc) is 2.96. The van der Waals surface area contributed by atoms with E-state index in [9.17, 15) is 10.1 Å². The summed E-state index contributed by atoms with van der Waals surface area (Å²) in [6.45, 7) is 2.38. The van der Waals surface area contributed by atoms with Crippen LogP contribution >= 0.6 is 0 Å². The lowest BCUT2D eigenvalue weighted by atomic mass is 9.90. The van der Waals surface area contributed by atoms with Gasteiger partial charge in [0, 0.05) is 0 Å². The van der Waals surface area contributed by atoms with Crippen molar-refractivity contribution in [3.8, 4) is 0 Å². The number of aromatic nitrogens is 4. The SMILES string of the molecule is Cc1ncn2c1nnc1ccc(C3CCN=C([N+](=O)[O-])C3)cc12. The van der Waals surface area contributed by atoms with Gasteiger partial charge >= 0.3 is 5.84 Å². The van der Waals surface area contributed by atoms with Gasteiger partial charge in [-0.05, 0) is 41.9 Å². The molecule has 2 aromatic heterocycles. The summed E-state index contributed by atoms with van der Waals surface area (Å²) in [5.41, 5.74) is 4.30. The van der Waals surface area contributed by atoms with Crippen molar-refractivity contribution in [3.63, 3.8) is 0 Å². The van der Waals surface area contributed by atoms with Crippen molar-refractivity contribution >= 4 is 22.5 Å². The van der Waals surface area contributed by atoms with E-state index in [1.54, 1.807) is 6.33 Å². The van der Waals surface area contributed by atoms with Gasteiger partial charge in [0.15, 0.2) is 5.65 Å². The monoisotopic (exact) mass is 310 g/mol. The van der Waals surface area contributed by atoms with Gasteiger partial charge in [-0.3, -0.25) is 4.40 Å². The molecule has 0 bridgehead atoms. The number of benzene rings is 1. The van der Waals surface area contributed by atoms with E-state index < -0.39 is 0 Å². The molecule has 1 unspecified atom stereocenters. The Morgan fingerprint density at radius 1 is 1.35 bits per heavy atom. The first-order valence-electron chi connectivity index (χ1n) is 7.41. The molecule has 3 aromatic rings. The lowest BCUT2D eigenvalue weighted by Crippen LogP contribution is -2.21. The zero-order valence-corrected chi connectivity index (χ0v) is 12.5. The van der Waals surface area contributed by atoms with E-state index in [0.717, 1.165) is 34.4 Å². The lowest BCUT2D eigenvalue weighted by Gasteiger charge is -2.17. The molecule has 0 saturated carbocycles. The second-order valence-electron chi connectivity index (χ2n) is 5.72. The van der Waals surface area contributed by atoms with Crippen LogP contribution in [0.25, 0.3) is 16.7 Å². The summed E-state index contributed by atoms with van der Waals surface area (Å²) in [6.07, 6.45) is 2.91. The van der Waals surface area contributed by atoms with Gasteiger partial charge in [-0.25, -0.2) is 4.98 Å². The maximum atomic E-state index is 11.0. The molecule has 0 fully saturated rings. The highest BCUT2D eigenvalue weighted by Crippen LogP contribution is 2.29. The minimum absolute atomic E-state index is 0.0674. The third kappa shape index (κ3) is 2.23. The molecule has 0 N–H and O–H groups in total. The minimum Gasteiger partial charge on any atom is -0.358 e. The number of imidazole rings is 1. The molecule has 0 radical (unpaired) electrons. The first-order chi connectivity index (χ1) is 11.1. The van der Waals surface area contributed by atoms with Crippen LogP contribution in [0.5, 0.6) is 0 Å². The van der Waals surface area contributed by atoms with Crippen LogP contribution in [0, 0.1) is 17.0 Å². The predicted octanol–water partition coefficient (Wildman–Crippen LogP) is 2.14. The summed E-state index contributed by atoms with van der Waals surface area (Å²) in [7, 11) is 0. The molecule has 1 atom stereocenters. The van der Waals surface area contributed by atoms with Crippen molar-refractivity contribution in [3.05, 3.63) is 45.9 Å². The van der Waals surface area contributed by atoms with Gasteiger partial charge in [0.1, 0.15) is 18.4 Å². The Balaban J connectivity index is 1.81. The number of nitrogens with zero attached hydrogens (tertiary/aromatic N) is 6. The van der Waals surface area contributed by atoms with Crippen LogP contribution in [0.3, 0.4) is 0 Å². The summed E-state index contributed by atoms with van der Waals surface area (Å²) in [5.74, 6) is 0.169. The third-order valence-electron chi connectivity index (χ3n) is 4.31. The second-order valence-corrected chi connectivity index (χ2v) is 5.72. The average molecular weight is 310 g/mol. The minimum atomic E-state index is -0.379. The van der Waals surface area contributed by atoms with Crippen LogP contribution in [0.15, 0.2) is 29.5 Å². The van der Waals surface area contributed by atoms with Crippen molar-refractivity contribution in [2.45, 2.75) is 25.7 Å². The van der Waals surface area contributed by atoms with Gasteiger partial charge in [-0.15, -0.1) is 10.2 Å². The van der Waals surface area contributed by atoms with E-state index in [1.807, 2.05) is 29.5 Å². The van der Waals surface area contributed by atoms with Crippen molar-refractivity contribution in [1.29, 1.82) is 0 Å². The normalized spacial score (nSPS) is 18.3. The highest BCUT2D eigenvalue weighted by atomic mass is 16.6. The summed E-state index contributed by atoms with van der Waals surface area (Å²) in [6, 6.07) is 5.91. The summed E-state index contributed by atoms with van der Waals surface area (Å²) >= 11 is 0. The Bertz CT molecular complexity index is 961. The third-order valence-corrected chi connectivity index (χ3v) is 4.31. The van der Waals surface area contributed by atoms with E-state index in [2.05, 4.69) is 20.2 Å². The second kappa shape index (κ2) is 5.08. The molecule has 0 amide bonds. The standard InChI is InChI=1S/C15H14N6O2/c1-9-15-19-18-12-3-2-10(6-13(12)20(15)8-17-9)11-4-5-16-14(7-11)21(22)23/h2-3,6,8,11H,4-5,7H2,1H3. The molecule has 0 spiro atoms. The first-order valence-corrected chi connectivity index (χ1v) is 7.41. The van der Waals surface area contributed by atoms with E-state index in [0.29, 0.717) is 13.0 Å². The Hall–Kier alpha value is -2.90. The zero-order valence-electron chi connectivity index (χ0n) is 12.5. The Kier molecular flexibility index (Phi) is 3.03. The summed E-state index contributed by atoms with van der Waals surface area (Å²) in [5, 5.41) is 19.4. The van der Waals surface area contributed by atoms with Crippen LogP contribution in [0.1, 0.15) is 30.0 Å². The molecule has 1 aliphatic rings. The van der Waals surface area contributed by atoms with Gasteiger partial charge in [0.25, 0.3) is 0 Å². The number of amidine groups is 1. The van der Waals surface area contributed by atoms with Crippen molar-refractivity contribution in [1.82, 2.24) is 19.6 Å². The number of hydrogen-bond acceptors (Lipinski definition) is 6. The van der Waals surface area contributed by atoms with Crippen LogP contribution < -0.4 is 0 Å².